The zero-order valence-corrected chi connectivity index (χ0v) is 14.8. The molecule has 0 heterocycles. The van der Waals surface area contributed by atoms with Gasteiger partial charge in [0.1, 0.15) is 12.4 Å². The number of ether oxygens (including phenoxy) is 1. The van der Waals surface area contributed by atoms with E-state index in [0.29, 0.717) is 12.6 Å². The highest BCUT2D eigenvalue weighted by molar-refractivity contribution is 14.1. The molecule has 0 radical (unpaired) electrons. The van der Waals surface area contributed by atoms with Gasteiger partial charge in [-0.3, -0.25) is 0 Å². The van der Waals surface area contributed by atoms with Crippen LogP contribution in [0.5, 0.6) is 5.75 Å². The molecule has 3 heteroatoms. The molecule has 0 spiro atoms. The summed E-state index contributed by atoms with van der Waals surface area (Å²) < 4.78 is 7.00. The molecule has 0 fully saturated rings. The Morgan fingerprint density at radius 3 is 2.43 bits per heavy atom. The predicted octanol–water partition coefficient (Wildman–Crippen LogP) is 4.41. The van der Waals surface area contributed by atoms with E-state index in [0.717, 1.165) is 18.7 Å². The van der Waals surface area contributed by atoms with Crippen LogP contribution in [-0.2, 0) is 13.0 Å². The Bertz CT molecular complexity index is 551. The van der Waals surface area contributed by atoms with Crippen molar-refractivity contribution in [3.8, 4) is 5.75 Å². The van der Waals surface area contributed by atoms with E-state index in [4.69, 9.17) is 4.74 Å². The van der Waals surface area contributed by atoms with Crippen molar-refractivity contribution < 1.29 is 4.74 Å². The summed E-state index contributed by atoms with van der Waals surface area (Å²) in [6.07, 6.45) is 1.07. The molecule has 0 aliphatic rings. The molecular formula is C18H22INO. The van der Waals surface area contributed by atoms with Gasteiger partial charge < -0.3 is 10.1 Å². The van der Waals surface area contributed by atoms with Gasteiger partial charge in [0.05, 0.1) is 0 Å². The van der Waals surface area contributed by atoms with Crippen molar-refractivity contribution in [1.29, 1.82) is 0 Å². The molecule has 0 aliphatic heterocycles. The fraction of sp³-hybridized carbons (Fsp3) is 0.333. The van der Waals surface area contributed by atoms with Crippen LogP contribution in [0.1, 0.15) is 25.0 Å². The number of benzene rings is 2. The third kappa shape index (κ3) is 6.06. The van der Waals surface area contributed by atoms with Crippen molar-refractivity contribution in [2.24, 2.45) is 0 Å². The maximum Gasteiger partial charge on any atom is 0.120 e. The van der Waals surface area contributed by atoms with E-state index in [2.05, 4.69) is 72.1 Å². The highest BCUT2D eigenvalue weighted by Gasteiger charge is 1.99. The third-order valence-corrected chi connectivity index (χ3v) is 3.86. The molecule has 112 valence electrons. The Kier molecular flexibility index (Phi) is 6.51. The van der Waals surface area contributed by atoms with Crippen LogP contribution in [0.3, 0.4) is 0 Å². The van der Waals surface area contributed by atoms with E-state index in [1.54, 1.807) is 0 Å². The standard InChI is InChI=1S/C18H22INO/c1-14(2)20-11-10-15-6-8-16(9-7-15)13-21-18-5-3-4-17(19)12-18/h3-9,12,14,20H,10-11,13H2,1-2H3. The second-order valence-electron chi connectivity index (χ2n) is 5.42. The van der Waals surface area contributed by atoms with Gasteiger partial charge in [-0.2, -0.15) is 0 Å². The van der Waals surface area contributed by atoms with Gasteiger partial charge in [0, 0.05) is 9.61 Å². The molecule has 0 aromatic heterocycles. The van der Waals surface area contributed by atoms with Crippen LogP contribution in [0.4, 0.5) is 0 Å². The molecular weight excluding hydrogens is 373 g/mol. The summed E-state index contributed by atoms with van der Waals surface area (Å²) in [5, 5.41) is 3.44. The fourth-order valence-electron chi connectivity index (χ4n) is 2.03. The van der Waals surface area contributed by atoms with Gasteiger partial charge in [-0.05, 0) is 64.9 Å². The Morgan fingerprint density at radius 1 is 1.05 bits per heavy atom. The zero-order chi connectivity index (χ0) is 15.1. The number of nitrogens with one attached hydrogen (secondary N) is 1. The van der Waals surface area contributed by atoms with Gasteiger partial charge in [-0.25, -0.2) is 0 Å². The van der Waals surface area contributed by atoms with Gasteiger partial charge in [-0.15, -0.1) is 0 Å². The molecule has 0 saturated heterocycles. The van der Waals surface area contributed by atoms with Gasteiger partial charge in [0.2, 0.25) is 0 Å². The van der Waals surface area contributed by atoms with Gasteiger partial charge in [-0.1, -0.05) is 44.2 Å². The van der Waals surface area contributed by atoms with E-state index < -0.39 is 0 Å². The van der Waals surface area contributed by atoms with Crippen molar-refractivity contribution in [2.45, 2.75) is 32.9 Å². The quantitative estimate of drug-likeness (QED) is 0.702. The van der Waals surface area contributed by atoms with Gasteiger partial charge in [0.25, 0.3) is 0 Å². The van der Waals surface area contributed by atoms with Gasteiger partial charge >= 0.3 is 0 Å². The average molecular weight is 395 g/mol. The molecule has 2 rings (SSSR count). The topological polar surface area (TPSA) is 21.3 Å². The minimum atomic E-state index is 0.548. The van der Waals surface area contributed by atoms with Crippen molar-refractivity contribution in [3.05, 3.63) is 63.2 Å². The van der Waals surface area contributed by atoms with Crippen molar-refractivity contribution in [1.82, 2.24) is 5.32 Å². The van der Waals surface area contributed by atoms with Gasteiger partial charge in [0.15, 0.2) is 0 Å². The number of hydrogen-bond acceptors (Lipinski definition) is 2. The summed E-state index contributed by atoms with van der Waals surface area (Å²) in [7, 11) is 0. The molecule has 0 aliphatic carbocycles. The number of hydrogen-bond donors (Lipinski definition) is 1. The van der Waals surface area contributed by atoms with E-state index in [1.807, 2.05) is 18.2 Å². The van der Waals surface area contributed by atoms with Crippen LogP contribution < -0.4 is 10.1 Å². The monoisotopic (exact) mass is 395 g/mol. The lowest BCUT2D eigenvalue weighted by Gasteiger charge is -2.09. The maximum absolute atomic E-state index is 5.81. The Labute approximate surface area is 141 Å². The summed E-state index contributed by atoms with van der Waals surface area (Å²) in [5.74, 6) is 0.923. The zero-order valence-electron chi connectivity index (χ0n) is 12.6. The predicted molar refractivity (Wildman–Crippen MR) is 96.8 cm³/mol. The van der Waals surface area contributed by atoms with Crippen LogP contribution >= 0.6 is 22.6 Å². The summed E-state index contributed by atoms with van der Waals surface area (Å²) in [6.45, 7) is 5.98. The lowest BCUT2D eigenvalue weighted by Crippen LogP contribution is -2.24. The molecule has 1 N–H and O–H groups in total. The van der Waals surface area contributed by atoms with Crippen LogP contribution in [0.2, 0.25) is 0 Å². The summed E-state index contributed by atoms with van der Waals surface area (Å²) in [4.78, 5) is 0. The van der Waals surface area contributed by atoms with Crippen LogP contribution in [0.25, 0.3) is 0 Å². The van der Waals surface area contributed by atoms with Crippen LogP contribution in [-0.4, -0.2) is 12.6 Å². The first kappa shape index (κ1) is 16.3. The molecule has 0 amide bonds. The summed E-state index contributed by atoms with van der Waals surface area (Å²) >= 11 is 2.30. The van der Waals surface area contributed by atoms with E-state index in [1.165, 1.54) is 14.7 Å². The molecule has 21 heavy (non-hydrogen) atoms. The minimum Gasteiger partial charge on any atom is -0.489 e. The lowest BCUT2D eigenvalue weighted by atomic mass is 10.1. The molecule has 0 atom stereocenters. The van der Waals surface area contributed by atoms with Crippen molar-refractivity contribution >= 4 is 22.6 Å². The Hall–Kier alpha value is -1.07. The molecule has 0 bridgehead atoms. The molecule has 2 nitrogen and oxygen atoms in total. The number of halogens is 1. The number of rotatable bonds is 7. The first-order valence-corrected chi connectivity index (χ1v) is 8.41. The first-order chi connectivity index (χ1) is 10.1. The fourth-order valence-corrected chi connectivity index (χ4v) is 2.55. The summed E-state index contributed by atoms with van der Waals surface area (Å²) in [5.41, 5.74) is 2.57. The van der Waals surface area contributed by atoms with E-state index in [-0.39, 0.29) is 0 Å². The minimum absolute atomic E-state index is 0.548. The highest BCUT2D eigenvalue weighted by atomic mass is 127. The first-order valence-electron chi connectivity index (χ1n) is 7.33. The smallest absolute Gasteiger partial charge is 0.120 e. The second kappa shape index (κ2) is 8.39. The highest BCUT2D eigenvalue weighted by Crippen LogP contribution is 2.16. The van der Waals surface area contributed by atoms with Crippen LogP contribution in [0, 0.1) is 3.57 Å². The van der Waals surface area contributed by atoms with Crippen LogP contribution in [0.15, 0.2) is 48.5 Å². The Morgan fingerprint density at radius 2 is 1.76 bits per heavy atom. The molecule has 0 unspecified atom stereocenters. The maximum atomic E-state index is 5.81. The average Bonchev–Trinajstić information content (AvgIpc) is 2.46. The van der Waals surface area contributed by atoms with Crippen molar-refractivity contribution in [2.75, 3.05) is 6.54 Å². The van der Waals surface area contributed by atoms with E-state index >= 15 is 0 Å². The second-order valence-corrected chi connectivity index (χ2v) is 6.67. The SMILES string of the molecule is CC(C)NCCc1ccc(COc2cccc(I)c2)cc1. The Balaban J connectivity index is 1.82. The third-order valence-electron chi connectivity index (χ3n) is 3.19. The normalized spacial score (nSPS) is 10.9. The largest absolute Gasteiger partial charge is 0.489 e. The summed E-state index contributed by atoms with van der Waals surface area (Å²) in [6, 6.07) is 17.4. The molecule has 2 aromatic carbocycles. The molecule has 0 saturated carbocycles. The van der Waals surface area contributed by atoms with E-state index in [9.17, 15) is 0 Å². The van der Waals surface area contributed by atoms with Crippen molar-refractivity contribution in [3.63, 3.8) is 0 Å². The molecule has 2 aromatic rings. The lowest BCUT2D eigenvalue weighted by molar-refractivity contribution is 0.306.